The zero-order chi connectivity index (χ0) is 9.26. The van der Waals surface area contributed by atoms with Gasteiger partial charge in [-0.05, 0) is 31.5 Å². The molecule has 0 N–H and O–H groups in total. The lowest BCUT2D eigenvalue weighted by molar-refractivity contribution is 0.242. The Morgan fingerprint density at radius 3 is 2.38 bits per heavy atom. The van der Waals surface area contributed by atoms with E-state index in [4.69, 9.17) is 9.47 Å². The highest BCUT2D eigenvalue weighted by Gasteiger charge is 2.24. The van der Waals surface area contributed by atoms with Gasteiger partial charge in [0.25, 0.3) is 0 Å². The molecule has 1 saturated heterocycles. The van der Waals surface area contributed by atoms with E-state index in [1.54, 1.807) is 0 Å². The minimum absolute atomic E-state index is 0.239. The summed E-state index contributed by atoms with van der Waals surface area (Å²) in [6.45, 7) is 4.92. The number of hydrogen-bond acceptors (Lipinski definition) is 2. The van der Waals surface area contributed by atoms with Gasteiger partial charge in [-0.3, -0.25) is 0 Å². The number of ether oxygens (including phenoxy) is 2. The molecule has 13 heavy (non-hydrogen) atoms. The van der Waals surface area contributed by atoms with E-state index in [2.05, 4.69) is 12.1 Å². The third-order valence-corrected chi connectivity index (χ3v) is 1.96. The van der Waals surface area contributed by atoms with E-state index in [9.17, 15) is 0 Å². The Hall–Kier alpha value is -1.02. The summed E-state index contributed by atoms with van der Waals surface area (Å²) in [5.74, 6) is 0.930. The summed E-state index contributed by atoms with van der Waals surface area (Å²) in [7, 11) is 0. The van der Waals surface area contributed by atoms with Crippen molar-refractivity contribution in [2.45, 2.75) is 26.1 Å². The summed E-state index contributed by atoms with van der Waals surface area (Å²) in [5.41, 5.74) is 1.25. The van der Waals surface area contributed by atoms with Gasteiger partial charge in [-0.2, -0.15) is 0 Å². The van der Waals surface area contributed by atoms with Crippen LogP contribution < -0.4 is 4.74 Å². The Bertz CT molecular complexity index is 273. The van der Waals surface area contributed by atoms with Gasteiger partial charge in [-0.15, -0.1) is 0 Å². The Balaban J connectivity index is 2.04. The largest absolute Gasteiger partial charge is 0.491 e. The molecule has 2 heteroatoms. The Labute approximate surface area is 78.5 Å². The number of epoxide rings is 1. The van der Waals surface area contributed by atoms with Gasteiger partial charge in [0.05, 0.1) is 12.7 Å². The maximum Gasteiger partial charge on any atom is 0.119 e. The lowest BCUT2D eigenvalue weighted by Crippen LogP contribution is -2.05. The van der Waals surface area contributed by atoms with Crippen molar-refractivity contribution in [2.75, 3.05) is 6.61 Å². The summed E-state index contributed by atoms with van der Waals surface area (Å²) >= 11 is 0. The highest BCUT2D eigenvalue weighted by molar-refractivity contribution is 5.29. The van der Waals surface area contributed by atoms with E-state index in [0.29, 0.717) is 6.10 Å². The van der Waals surface area contributed by atoms with Gasteiger partial charge in [0.2, 0.25) is 0 Å². The van der Waals surface area contributed by atoms with Gasteiger partial charge in [-0.1, -0.05) is 12.1 Å². The molecule has 1 aliphatic rings. The molecule has 0 saturated carbocycles. The molecule has 0 amide bonds. The molecule has 0 aliphatic carbocycles. The first kappa shape index (κ1) is 8.57. The van der Waals surface area contributed by atoms with Crippen LogP contribution in [0, 0.1) is 0 Å². The molecule has 1 aliphatic heterocycles. The predicted octanol–water partition coefficient (Wildman–Crippen LogP) is 2.55. The van der Waals surface area contributed by atoms with Crippen molar-refractivity contribution in [3.8, 4) is 5.75 Å². The third kappa shape index (κ3) is 2.22. The molecule has 70 valence electrons. The molecule has 0 aromatic heterocycles. The first-order valence-corrected chi connectivity index (χ1v) is 4.64. The van der Waals surface area contributed by atoms with E-state index in [1.807, 2.05) is 26.0 Å². The van der Waals surface area contributed by atoms with E-state index < -0.39 is 0 Å². The van der Waals surface area contributed by atoms with Gasteiger partial charge >= 0.3 is 0 Å². The quantitative estimate of drug-likeness (QED) is 0.663. The second kappa shape index (κ2) is 3.38. The molecular weight excluding hydrogens is 164 g/mol. The smallest absolute Gasteiger partial charge is 0.119 e. The molecule has 0 spiro atoms. The van der Waals surface area contributed by atoms with Crippen LogP contribution in [0.1, 0.15) is 25.5 Å². The van der Waals surface area contributed by atoms with Crippen LogP contribution in [0.2, 0.25) is 0 Å². The van der Waals surface area contributed by atoms with Crippen LogP contribution in [0.15, 0.2) is 24.3 Å². The van der Waals surface area contributed by atoms with Gasteiger partial charge < -0.3 is 9.47 Å². The maximum atomic E-state index is 5.53. The summed E-state index contributed by atoms with van der Waals surface area (Å²) in [4.78, 5) is 0. The normalized spacial score (nSPS) is 20.4. The second-order valence-corrected chi connectivity index (χ2v) is 3.56. The first-order chi connectivity index (χ1) is 6.25. The fraction of sp³-hybridized carbons (Fsp3) is 0.455. The first-order valence-electron chi connectivity index (χ1n) is 4.64. The highest BCUT2D eigenvalue weighted by atomic mass is 16.6. The zero-order valence-corrected chi connectivity index (χ0v) is 7.99. The third-order valence-electron chi connectivity index (χ3n) is 1.96. The van der Waals surface area contributed by atoms with Crippen molar-refractivity contribution in [3.05, 3.63) is 29.8 Å². The van der Waals surface area contributed by atoms with Crippen LogP contribution in [0.4, 0.5) is 0 Å². The molecule has 1 atom stereocenters. The molecule has 1 fully saturated rings. The SMILES string of the molecule is CC(C)Oc1ccc([C@H]2CO2)cc1. The maximum absolute atomic E-state index is 5.53. The number of benzene rings is 1. The molecule has 0 bridgehead atoms. The summed E-state index contributed by atoms with van der Waals surface area (Å²) < 4.78 is 10.7. The Kier molecular flexibility index (Phi) is 2.23. The van der Waals surface area contributed by atoms with Crippen molar-refractivity contribution in [2.24, 2.45) is 0 Å². The monoisotopic (exact) mass is 178 g/mol. The number of rotatable bonds is 3. The van der Waals surface area contributed by atoms with Gasteiger partial charge in [0.15, 0.2) is 0 Å². The fourth-order valence-corrected chi connectivity index (χ4v) is 1.27. The standard InChI is InChI=1S/C11H14O2/c1-8(2)13-10-5-3-9(4-6-10)11-7-12-11/h3-6,8,11H,7H2,1-2H3/t11-/m1/s1. The summed E-state index contributed by atoms with van der Waals surface area (Å²) in [6.07, 6.45) is 0.580. The number of hydrogen-bond donors (Lipinski definition) is 0. The van der Waals surface area contributed by atoms with Crippen LogP contribution in [-0.2, 0) is 4.74 Å². The molecule has 0 radical (unpaired) electrons. The summed E-state index contributed by atoms with van der Waals surface area (Å²) in [5, 5.41) is 0. The minimum atomic E-state index is 0.239. The average molecular weight is 178 g/mol. The van der Waals surface area contributed by atoms with Crippen molar-refractivity contribution in [3.63, 3.8) is 0 Å². The van der Waals surface area contributed by atoms with E-state index >= 15 is 0 Å². The predicted molar refractivity (Wildman–Crippen MR) is 50.9 cm³/mol. The van der Waals surface area contributed by atoms with Crippen molar-refractivity contribution < 1.29 is 9.47 Å². The summed E-state index contributed by atoms with van der Waals surface area (Å²) in [6, 6.07) is 8.12. The van der Waals surface area contributed by atoms with Crippen LogP contribution in [0.3, 0.4) is 0 Å². The molecule has 0 unspecified atom stereocenters. The van der Waals surface area contributed by atoms with Crippen LogP contribution >= 0.6 is 0 Å². The fourth-order valence-electron chi connectivity index (χ4n) is 1.27. The zero-order valence-electron chi connectivity index (χ0n) is 7.99. The molecule has 1 aromatic rings. The molecule has 2 nitrogen and oxygen atoms in total. The Morgan fingerprint density at radius 1 is 1.31 bits per heavy atom. The van der Waals surface area contributed by atoms with Gasteiger partial charge in [-0.25, -0.2) is 0 Å². The molecule has 2 rings (SSSR count). The Morgan fingerprint density at radius 2 is 1.92 bits per heavy atom. The lowest BCUT2D eigenvalue weighted by Gasteiger charge is -2.09. The molecule has 1 aromatic carbocycles. The second-order valence-electron chi connectivity index (χ2n) is 3.56. The van der Waals surface area contributed by atoms with Gasteiger partial charge in [0, 0.05) is 0 Å². The van der Waals surface area contributed by atoms with Crippen molar-refractivity contribution in [1.29, 1.82) is 0 Å². The van der Waals surface area contributed by atoms with Crippen molar-refractivity contribution >= 4 is 0 Å². The van der Waals surface area contributed by atoms with Crippen LogP contribution in [0.25, 0.3) is 0 Å². The average Bonchev–Trinajstić information content (AvgIpc) is 2.87. The van der Waals surface area contributed by atoms with Gasteiger partial charge in [0.1, 0.15) is 11.9 Å². The highest BCUT2D eigenvalue weighted by Crippen LogP contribution is 2.30. The van der Waals surface area contributed by atoms with Crippen LogP contribution in [0.5, 0.6) is 5.75 Å². The molecule has 1 heterocycles. The van der Waals surface area contributed by atoms with Crippen LogP contribution in [-0.4, -0.2) is 12.7 Å². The minimum Gasteiger partial charge on any atom is -0.491 e. The van der Waals surface area contributed by atoms with E-state index in [0.717, 1.165) is 12.4 Å². The molecular formula is C11H14O2. The van der Waals surface area contributed by atoms with Crippen molar-refractivity contribution in [1.82, 2.24) is 0 Å². The topological polar surface area (TPSA) is 21.8 Å². The lowest BCUT2D eigenvalue weighted by atomic mass is 10.1. The van der Waals surface area contributed by atoms with E-state index in [1.165, 1.54) is 5.56 Å². The van der Waals surface area contributed by atoms with E-state index in [-0.39, 0.29) is 6.10 Å².